The molecule has 0 unspecified atom stereocenters. The third kappa shape index (κ3) is 8.80. The van der Waals surface area contributed by atoms with E-state index < -0.39 is 0 Å². The fourth-order valence-electron chi connectivity index (χ4n) is 2.20. The molecular formula is C19H27Cl3N2O. The largest absolute Gasteiger partial charge is 0.489 e. The minimum absolute atomic E-state index is 0. The average Bonchev–Trinajstić information content (AvgIpc) is 2.52. The zero-order valence-electron chi connectivity index (χ0n) is 14.9. The van der Waals surface area contributed by atoms with Crippen molar-refractivity contribution in [3.05, 3.63) is 64.2 Å². The van der Waals surface area contributed by atoms with E-state index in [1.165, 1.54) is 5.56 Å². The molecule has 1 N–H and O–H groups in total. The van der Waals surface area contributed by atoms with Gasteiger partial charge in [-0.3, -0.25) is 0 Å². The van der Waals surface area contributed by atoms with Crippen molar-refractivity contribution in [3.63, 3.8) is 0 Å². The van der Waals surface area contributed by atoms with Crippen molar-refractivity contribution in [1.82, 2.24) is 10.2 Å². The van der Waals surface area contributed by atoms with Gasteiger partial charge in [-0.1, -0.05) is 41.4 Å². The minimum Gasteiger partial charge on any atom is -0.489 e. The molecule has 140 valence electrons. The topological polar surface area (TPSA) is 24.5 Å². The van der Waals surface area contributed by atoms with E-state index in [9.17, 15) is 0 Å². The molecule has 2 aromatic carbocycles. The van der Waals surface area contributed by atoms with Crippen molar-refractivity contribution in [2.24, 2.45) is 0 Å². The van der Waals surface area contributed by atoms with E-state index in [2.05, 4.69) is 55.5 Å². The fourth-order valence-corrected chi connectivity index (χ4v) is 2.39. The summed E-state index contributed by atoms with van der Waals surface area (Å²) < 4.78 is 5.99. The van der Waals surface area contributed by atoms with Crippen LogP contribution in [0.2, 0.25) is 5.02 Å². The van der Waals surface area contributed by atoms with Crippen LogP contribution >= 0.6 is 36.4 Å². The molecule has 2 rings (SSSR count). The van der Waals surface area contributed by atoms with Crippen LogP contribution in [0.3, 0.4) is 0 Å². The first kappa shape index (κ1) is 24.0. The van der Waals surface area contributed by atoms with Crippen LogP contribution in [0.5, 0.6) is 5.75 Å². The van der Waals surface area contributed by atoms with E-state index in [-0.39, 0.29) is 24.8 Å². The third-order valence-electron chi connectivity index (χ3n) is 3.59. The van der Waals surface area contributed by atoms with Gasteiger partial charge in [0.05, 0.1) is 0 Å². The molecule has 0 aliphatic rings. The van der Waals surface area contributed by atoms with E-state index in [1.807, 2.05) is 18.2 Å². The molecule has 0 saturated carbocycles. The molecule has 0 fully saturated rings. The number of likely N-dealkylation sites (N-methyl/N-ethyl adjacent to an activating group) is 1. The molecule has 0 saturated heterocycles. The second-order valence-electron chi connectivity index (χ2n) is 6.01. The lowest BCUT2D eigenvalue weighted by Crippen LogP contribution is -2.26. The molecule has 2 aromatic rings. The molecule has 0 radical (unpaired) electrons. The maximum absolute atomic E-state index is 6.12. The lowest BCUT2D eigenvalue weighted by Gasteiger charge is -2.14. The highest BCUT2D eigenvalue weighted by Gasteiger charge is 2.05. The number of halogens is 3. The van der Waals surface area contributed by atoms with E-state index in [4.69, 9.17) is 16.3 Å². The van der Waals surface area contributed by atoms with Gasteiger partial charge in [-0.25, -0.2) is 0 Å². The van der Waals surface area contributed by atoms with Gasteiger partial charge in [-0.15, -0.1) is 24.8 Å². The number of hydrogen-bond donors (Lipinski definition) is 1. The maximum Gasteiger partial charge on any atom is 0.124 e. The van der Waals surface area contributed by atoms with Crippen molar-refractivity contribution in [1.29, 1.82) is 0 Å². The summed E-state index contributed by atoms with van der Waals surface area (Å²) in [5.41, 5.74) is 3.51. The summed E-state index contributed by atoms with van der Waals surface area (Å²) in [7, 11) is 4.13. The number of nitrogens with zero attached hydrogens (tertiary/aromatic N) is 1. The molecule has 0 amide bonds. The van der Waals surface area contributed by atoms with Gasteiger partial charge in [-0.2, -0.15) is 0 Å². The summed E-state index contributed by atoms with van der Waals surface area (Å²) in [6.45, 7) is 5.32. The van der Waals surface area contributed by atoms with Crippen molar-refractivity contribution in [2.45, 2.75) is 20.1 Å². The Morgan fingerprint density at radius 3 is 2.36 bits per heavy atom. The highest BCUT2D eigenvalue weighted by atomic mass is 35.5. The van der Waals surface area contributed by atoms with Crippen molar-refractivity contribution < 1.29 is 4.74 Å². The van der Waals surface area contributed by atoms with Crippen LogP contribution in [0.4, 0.5) is 0 Å². The highest BCUT2D eigenvalue weighted by molar-refractivity contribution is 6.30. The van der Waals surface area contributed by atoms with Gasteiger partial charge in [0.1, 0.15) is 12.4 Å². The zero-order chi connectivity index (χ0) is 16.7. The Labute approximate surface area is 168 Å². The normalized spacial score (nSPS) is 10.1. The first-order chi connectivity index (χ1) is 11.0. The number of rotatable bonds is 8. The van der Waals surface area contributed by atoms with E-state index >= 15 is 0 Å². The molecule has 3 nitrogen and oxygen atoms in total. The van der Waals surface area contributed by atoms with Gasteiger partial charge in [0.25, 0.3) is 0 Å². The Kier molecular flexibility index (Phi) is 11.9. The van der Waals surface area contributed by atoms with Crippen LogP contribution in [0.1, 0.15) is 16.7 Å². The molecule has 25 heavy (non-hydrogen) atoms. The predicted molar refractivity (Wildman–Crippen MR) is 112 cm³/mol. The zero-order valence-corrected chi connectivity index (χ0v) is 17.3. The Morgan fingerprint density at radius 1 is 1.04 bits per heavy atom. The van der Waals surface area contributed by atoms with E-state index in [0.717, 1.165) is 41.5 Å². The number of nitrogens with one attached hydrogen (secondary N) is 1. The van der Waals surface area contributed by atoms with Crippen LogP contribution in [-0.4, -0.2) is 32.1 Å². The Morgan fingerprint density at radius 2 is 1.72 bits per heavy atom. The molecule has 0 aliphatic heterocycles. The summed E-state index contributed by atoms with van der Waals surface area (Å²) in [5.74, 6) is 0.882. The first-order valence-corrected chi connectivity index (χ1v) is 8.24. The monoisotopic (exact) mass is 404 g/mol. The molecule has 6 heteroatoms. The molecule has 0 spiro atoms. The molecule has 0 bridgehead atoms. The number of hydrogen-bond acceptors (Lipinski definition) is 3. The Hall–Kier alpha value is -0.970. The second-order valence-corrected chi connectivity index (χ2v) is 6.44. The van der Waals surface area contributed by atoms with Gasteiger partial charge in [0, 0.05) is 30.2 Å². The van der Waals surface area contributed by atoms with Crippen LogP contribution < -0.4 is 10.1 Å². The smallest absolute Gasteiger partial charge is 0.124 e. The third-order valence-corrected chi connectivity index (χ3v) is 3.82. The predicted octanol–water partition coefficient (Wildman–Crippen LogP) is 4.72. The number of aryl methyl sites for hydroxylation is 1. The van der Waals surface area contributed by atoms with Crippen LogP contribution in [0.25, 0.3) is 0 Å². The van der Waals surface area contributed by atoms with Gasteiger partial charge in [0.2, 0.25) is 0 Å². The van der Waals surface area contributed by atoms with Crippen LogP contribution in [-0.2, 0) is 13.2 Å². The van der Waals surface area contributed by atoms with E-state index in [1.54, 1.807) is 0 Å². The van der Waals surface area contributed by atoms with Crippen molar-refractivity contribution in [3.8, 4) is 5.75 Å². The molecule has 0 aromatic heterocycles. The fraction of sp³-hybridized carbons (Fsp3) is 0.368. The van der Waals surface area contributed by atoms with Gasteiger partial charge in [0.15, 0.2) is 0 Å². The van der Waals surface area contributed by atoms with Gasteiger partial charge in [-0.05, 0) is 44.8 Å². The summed E-state index contributed by atoms with van der Waals surface area (Å²) in [6, 6.07) is 14.2. The minimum atomic E-state index is 0. The summed E-state index contributed by atoms with van der Waals surface area (Å²) in [6.07, 6.45) is 0. The SMILES string of the molecule is Cc1ccc(COc2ccc(Cl)cc2CNCCN(C)C)cc1.Cl.Cl. The average molecular weight is 406 g/mol. The summed E-state index contributed by atoms with van der Waals surface area (Å²) in [5, 5.41) is 4.16. The number of benzene rings is 2. The maximum atomic E-state index is 6.12. The summed E-state index contributed by atoms with van der Waals surface area (Å²) in [4.78, 5) is 2.15. The first-order valence-electron chi connectivity index (χ1n) is 7.87. The molecule has 0 heterocycles. The van der Waals surface area contributed by atoms with Crippen molar-refractivity contribution in [2.75, 3.05) is 27.2 Å². The standard InChI is InChI=1S/C19H25ClN2O.2ClH/c1-15-4-6-16(7-5-15)14-23-19-9-8-18(20)12-17(19)13-21-10-11-22(2)3;;/h4-9,12,21H,10-11,13-14H2,1-3H3;2*1H. The molecular weight excluding hydrogens is 379 g/mol. The van der Waals surface area contributed by atoms with Crippen LogP contribution in [0, 0.1) is 6.92 Å². The lowest BCUT2D eigenvalue weighted by atomic mass is 10.1. The number of ether oxygens (including phenoxy) is 1. The van der Waals surface area contributed by atoms with Gasteiger partial charge < -0.3 is 15.0 Å². The molecule has 0 atom stereocenters. The quantitative estimate of drug-likeness (QED) is 0.643. The van der Waals surface area contributed by atoms with Crippen molar-refractivity contribution >= 4 is 36.4 Å². The van der Waals surface area contributed by atoms with Crippen LogP contribution in [0.15, 0.2) is 42.5 Å². The second kappa shape index (κ2) is 12.4. The van der Waals surface area contributed by atoms with E-state index in [0.29, 0.717) is 6.61 Å². The molecule has 0 aliphatic carbocycles. The Balaban J connectivity index is 0.00000288. The Bertz CT molecular complexity index is 619. The lowest BCUT2D eigenvalue weighted by molar-refractivity contribution is 0.301. The highest BCUT2D eigenvalue weighted by Crippen LogP contribution is 2.24. The van der Waals surface area contributed by atoms with Gasteiger partial charge >= 0.3 is 0 Å². The summed E-state index contributed by atoms with van der Waals surface area (Å²) >= 11 is 6.12.